The number of carbonyl (C=O) groups is 1. The van der Waals surface area contributed by atoms with Crippen LogP contribution in [0.15, 0.2) is 0 Å². The number of ether oxygens (including phenoxy) is 1. The minimum atomic E-state index is -0.219. The maximum atomic E-state index is 10.8. The topological polar surface area (TPSA) is 52.3 Å². The molecule has 0 aliphatic rings. The van der Waals surface area contributed by atoms with Crippen LogP contribution in [0.4, 0.5) is 0 Å². The van der Waals surface area contributed by atoms with Gasteiger partial charge in [0.15, 0.2) is 0 Å². The van der Waals surface area contributed by atoms with Crippen LogP contribution in [0.1, 0.15) is 39.5 Å². The molecule has 0 radical (unpaired) electrons. The first-order valence-electron chi connectivity index (χ1n) is 4.37. The molecule has 72 valence electrons. The van der Waals surface area contributed by atoms with Gasteiger partial charge in [0, 0.05) is 12.0 Å². The molecule has 0 saturated heterocycles. The third kappa shape index (κ3) is 5.13. The lowest BCUT2D eigenvalue weighted by molar-refractivity contribution is -0.141. The van der Waals surface area contributed by atoms with Gasteiger partial charge < -0.3 is 10.5 Å². The number of hydrogen-bond acceptors (Lipinski definition) is 3. The highest BCUT2D eigenvalue weighted by atomic mass is 16.5. The summed E-state index contributed by atoms with van der Waals surface area (Å²) in [7, 11) is 1.40. The van der Waals surface area contributed by atoms with E-state index in [1.54, 1.807) is 0 Å². The molecular weight excluding hydrogens is 154 g/mol. The Bertz CT molecular complexity index is 143. The molecule has 0 fully saturated rings. The lowest BCUT2D eigenvalue weighted by Crippen LogP contribution is -2.36. The number of esters is 1. The minimum absolute atomic E-state index is 0.178. The Labute approximate surface area is 74.3 Å². The highest BCUT2D eigenvalue weighted by Crippen LogP contribution is 2.15. The van der Waals surface area contributed by atoms with Gasteiger partial charge in [0.2, 0.25) is 0 Å². The van der Waals surface area contributed by atoms with Gasteiger partial charge in [-0.25, -0.2) is 0 Å². The minimum Gasteiger partial charge on any atom is -0.469 e. The molecule has 0 bridgehead atoms. The van der Waals surface area contributed by atoms with Crippen molar-refractivity contribution in [2.45, 2.75) is 45.1 Å². The van der Waals surface area contributed by atoms with Crippen LogP contribution < -0.4 is 5.73 Å². The third-order valence-corrected chi connectivity index (χ3v) is 1.95. The van der Waals surface area contributed by atoms with E-state index in [2.05, 4.69) is 11.7 Å². The highest BCUT2D eigenvalue weighted by molar-refractivity contribution is 5.69. The van der Waals surface area contributed by atoms with Crippen molar-refractivity contribution in [3.05, 3.63) is 0 Å². The largest absolute Gasteiger partial charge is 0.469 e. The lowest BCUT2D eigenvalue weighted by Gasteiger charge is -2.22. The van der Waals surface area contributed by atoms with Crippen LogP contribution in [-0.2, 0) is 9.53 Å². The SMILES string of the molecule is CCCC(C)(N)CCC(=O)OC. The van der Waals surface area contributed by atoms with Gasteiger partial charge in [0.25, 0.3) is 0 Å². The zero-order chi connectivity index (χ0) is 9.61. The summed E-state index contributed by atoms with van der Waals surface area (Å²) in [6.07, 6.45) is 3.12. The Morgan fingerprint density at radius 2 is 2.08 bits per heavy atom. The molecule has 0 rings (SSSR count). The predicted octanol–water partition coefficient (Wildman–Crippen LogP) is 1.46. The van der Waals surface area contributed by atoms with Crippen LogP contribution >= 0.6 is 0 Å². The van der Waals surface area contributed by atoms with Crippen LogP contribution in [0.5, 0.6) is 0 Å². The number of methoxy groups -OCH3 is 1. The fraction of sp³-hybridized carbons (Fsp3) is 0.889. The van der Waals surface area contributed by atoms with Gasteiger partial charge in [-0.3, -0.25) is 4.79 Å². The van der Waals surface area contributed by atoms with E-state index in [4.69, 9.17) is 5.73 Å². The van der Waals surface area contributed by atoms with E-state index in [1.165, 1.54) is 7.11 Å². The molecule has 0 aromatic carbocycles. The molecule has 0 aliphatic carbocycles. The molecule has 2 N–H and O–H groups in total. The molecule has 3 heteroatoms. The van der Waals surface area contributed by atoms with E-state index in [1.807, 2.05) is 6.92 Å². The summed E-state index contributed by atoms with van der Waals surface area (Å²) in [6, 6.07) is 0. The molecule has 0 amide bonds. The van der Waals surface area contributed by atoms with Crippen molar-refractivity contribution in [2.24, 2.45) is 5.73 Å². The Kier molecular flexibility index (Phi) is 4.90. The second-order valence-corrected chi connectivity index (χ2v) is 3.48. The average Bonchev–Trinajstić information content (AvgIpc) is 2.00. The second kappa shape index (κ2) is 5.14. The van der Waals surface area contributed by atoms with Crippen LogP contribution in [0, 0.1) is 0 Å². The van der Waals surface area contributed by atoms with Gasteiger partial charge in [-0.15, -0.1) is 0 Å². The molecule has 1 atom stereocenters. The summed E-state index contributed by atoms with van der Waals surface area (Å²) in [6.45, 7) is 4.06. The Morgan fingerprint density at radius 3 is 2.50 bits per heavy atom. The molecule has 0 aliphatic heterocycles. The van der Waals surface area contributed by atoms with E-state index in [0.29, 0.717) is 12.8 Å². The van der Waals surface area contributed by atoms with Crippen molar-refractivity contribution in [3.63, 3.8) is 0 Å². The first kappa shape index (κ1) is 11.4. The monoisotopic (exact) mass is 173 g/mol. The van der Waals surface area contributed by atoms with Crippen molar-refractivity contribution in [2.75, 3.05) is 7.11 Å². The zero-order valence-corrected chi connectivity index (χ0v) is 8.22. The molecule has 0 heterocycles. The summed E-state index contributed by atoms with van der Waals surface area (Å²) >= 11 is 0. The Balaban J connectivity index is 3.67. The summed E-state index contributed by atoms with van der Waals surface area (Å²) < 4.78 is 4.53. The van der Waals surface area contributed by atoms with E-state index in [9.17, 15) is 4.79 Å². The van der Waals surface area contributed by atoms with Crippen molar-refractivity contribution >= 4 is 5.97 Å². The molecule has 0 spiro atoms. The average molecular weight is 173 g/mol. The maximum Gasteiger partial charge on any atom is 0.305 e. The second-order valence-electron chi connectivity index (χ2n) is 3.48. The predicted molar refractivity (Wildman–Crippen MR) is 48.8 cm³/mol. The van der Waals surface area contributed by atoms with Gasteiger partial charge in [0.1, 0.15) is 0 Å². The van der Waals surface area contributed by atoms with Gasteiger partial charge in [-0.2, -0.15) is 0 Å². The summed E-state index contributed by atoms with van der Waals surface area (Å²) in [5, 5.41) is 0. The van der Waals surface area contributed by atoms with Gasteiger partial charge in [-0.05, 0) is 19.8 Å². The van der Waals surface area contributed by atoms with E-state index < -0.39 is 0 Å². The summed E-state index contributed by atoms with van der Waals surface area (Å²) in [4.78, 5) is 10.8. The number of hydrogen-bond donors (Lipinski definition) is 1. The van der Waals surface area contributed by atoms with Crippen LogP contribution in [0.2, 0.25) is 0 Å². The number of rotatable bonds is 5. The highest BCUT2D eigenvalue weighted by Gasteiger charge is 2.18. The van der Waals surface area contributed by atoms with Crippen LogP contribution in [-0.4, -0.2) is 18.6 Å². The number of carbonyl (C=O) groups excluding carboxylic acids is 1. The fourth-order valence-corrected chi connectivity index (χ4v) is 1.19. The molecule has 0 aromatic rings. The smallest absolute Gasteiger partial charge is 0.305 e. The molecule has 12 heavy (non-hydrogen) atoms. The lowest BCUT2D eigenvalue weighted by atomic mass is 9.92. The van der Waals surface area contributed by atoms with Crippen molar-refractivity contribution in [3.8, 4) is 0 Å². The normalized spacial score (nSPS) is 15.3. The first-order valence-corrected chi connectivity index (χ1v) is 4.37. The van der Waals surface area contributed by atoms with E-state index in [-0.39, 0.29) is 11.5 Å². The zero-order valence-electron chi connectivity index (χ0n) is 8.22. The van der Waals surface area contributed by atoms with Crippen molar-refractivity contribution in [1.82, 2.24) is 0 Å². The summed E-state index contributed by atoms with van der Waals surface area (Å²) in [5.74, 6) is -0.178. The molecular formula is C9H19NO2. The van der Waals surface area contributed by atoms with Gasteiger partial charge in [0.05, 0.1) is 7.11 Å². The maximum absolute atomic E-state index is 10.8. The third-order valence-electron chi connectivity index (χ3n) is 1.95. The molecule has 0 aromatic heterocycles. The standard InChI is InChI=1S/C9H19NO2/c1-4-6-9(2,10)7-5-8(11)12-3/h4-7,10H2,1-3H3. The Morgan fingerprint density at radius 1 is 1.50 bits per heavy atom. The van der Waals surface area contributed by atoms with Gasteiger partial charge >= 0.3 is 5.97 Å². The molecule has 3 nitrogen and oxygen atoms in total. The van der Waals surface area contributed by atoms with Gasteiger partial charge in [-0.1, -0.05) is 13.3 Å². The number of nitrogens with two attached hydrogens (primary N) is 1. The van der Waals surface area contributed by atoms with Crippen LogP contribution in [0.25, 0.3) is 0 Å². The first-order chi connectivity index (χ1) is 5.52. The van der Waals surface area contributed by atoms with Crippen molar-refractivity contribution in [1.29, 1.82) is 0 Å². The fourth-order valence-electron chi connectivity index (χ4n) is 1.19. The Hall–Kier alpha value is -0.570. The van der Waals surface area contributed by atoms with E-state index >= 15 is 0 Å². The van der Waals surface area contributed by atoms with Crippen molar-refractivity contribution < 1.29 is 9.53 Å². The molecule has 0 saturated carbocycles. The quantitative estimate of drug-likeness (QED) is 0.640. The van der Waals surface area contributed by atoms with Crippen LogP contribution in [0.3, 0.4) is 0 Å². The summed E-state index contributed by atoms with van der Waals surface area (Å²) in [5.41, 5.74) is 5.70. The van der Waals surface area contributed by atoms with E-state index in [0.717, 1.165) is 12.8 Å². The molecule has 1 unspecified atom stereocenters.